The third-order valence-corrected chi connectivity index (χ3v) is 7.46. The number of rotatable bonds is 7. The summed E-state index contributed by atoms with van der Waals surface area (Å²) >= 11 is 7.50. The number of aromatic nitrogens is 3. The highest BCUT2D eigenvalue weighted by Gasteiger charge is 2.28. The number of carbonyl (C=O) groups excluding carboxylic acids is 1. The van der Waals surface area contributed by atoms with Crippen LogP contribution in [0.1, 0.15) is 51.9 Å². The Kier molecular flexibility index (Phi) is 7.82. The summed E-state index contributed by atoms with van der Waals surface area (Å²) in [5.41, 5.74) is 0.936. The van der Waals surface area contributed by atoms with Crippen molar-refractivity contribution in [3.8, 4) is 5.69 Å². The number of benzene rings is 1. The van der Waals surface area contributed by atoms with Crippen LogP contribution in [0.5, 0.6) is 0 Å². The molecular formula is C22H32ClN5OS. The van der Waals surface area contributed by atoms with E-state index in [1.165, 1.54) is 24.6 Å². The average Bonchev–Trinajstić information content (AvgIpc) is 3.13. The monoisotopic (exact) mass is 449 g/mol. The van der Waals surface area contributed by atoms with Crippen LogP contribution < -0.4 is 5.32 Å². The zero-order chi connectivity index (χ0) is 21.8. The van der Waals surface area contributed by atoms with Crippen molar-refractivity contribution in [3.63, 3.8) is 0 Å². The number of amides is 1. The minimum Gasteiger partial charge on any atom is -0.352 e. The van der Waals surface area contributed by atoms with Crippen LogP contribution in [0.3, 0.4) is 0 Å². The Hall–Kier alpha value is -1.57. The van der Waals surface area contributed by atoms with Crippen LogP contribution in [0.15, 0.2) is 29.4 Å². The Morgan fingerprint density at radius 2 is 1.97 bits per heavy atom. The first kappa shape index (κ1) is 23.1. The number of nitrogens with zero attached hydrogens (tertiary/aromatic N) is 4. The summed E-state index contributed by atoms with van der Waals surface area (Å²) in [6.45, 7) is 6.61. The quantitative estimate of drug-likeness (QED) is 0.627. The minimum absolute atomic E-state index is 0.0545. The van der Waals surface area contributed by atoms with Crippen LogP contribution in [0.4, 0.5) is 0 Å². The van der Waals surface area contributed by atoms with Crippen molar-refractivity contribution < 1.29 is 4.79 Å². The second-order valence-corrected chi connectivity index (χ2v) is 9.90. The molecule has 1 heterocycles. The second-order valence-electron chi connectivity index (χ2n) is 8.52. The van der Waals surface area contributed by atoms with E-state index in [9.17, 15) is 4.79 Å². The maximum atomic E-state index is 12.7. The van der Waals surface area contributed by atoms with E-state index in [-0.39, 0.29) is 18.0 Å². The Labute approximate surface area is 188 Å². The van der Waals surface area contributed by atoms with Gasteiger partial charge >= 0.3 is 0 Å². The van der Waals surface area contributed by atoms with Crippen LogP contribution >= 0.6 is 23.4 Å². The molecule has 1 saturated carbocycles. The summed E-state index contributed by atoms with van der Waals surface area (Å²) in [7, 11) is 4.02. The molecule has 2 aromatic rings. The average molecular weight is 450 g/mol. The van der Waals surface area contributed by atoms with Crippen LogP contribution in [0.2, 0.25) is 5.02 Å². The van der Waals surface area contributed by atoms with Gasteiger partial charge < -0.3 is 5.32 Å². The molecule has 164 valence electrons. The molecule has 1 aromatic heterocycles. The number of carbonyl (C=O) groups is 1. The molecule has 4 atom stereocenters. The van der Waals surface area contributed by atoms with E-state index in [2.05, 4.69) is 41.2 Å². The zero-order valence-corrected chi connectivity index (χ0v) is 20.0. The lowest BCUT2D eigenvalue weighted by atomic mass is 9.78. The SMILES string of the molecule is CC1CCCC(NC(=O)CSc2nnc(C(C)N(C)C)n2-c2ccc(Cl)cc2)C1C. The maximum Gasteiger partial charge on any atom is 0.230 e. The highest BCUT2D eigenvalue weighted by molar-refractivity contribution is 7.99. The fraction of sp³-hybridized carbons (Fsp3) is 0.591. The van der Waals surface area contributed by atoms with Gasteiger partial charge in [0.05, 0.1) is 11.8 Å². The summed E-state index contributed by atoms with van der Waals surface area (Å²) < 4.78 is 2.02. The smallest absolute Gasteiger partial charge is 0.230 e. The van der Waals surface area contributed by atoms with Crippen molar-refractivity contribution in [2.45, 2.75) is 57.3 Å². The first-order valence-electron chi connectivity index (χ1n) is 10.6. The standard InChI is InChI=1S/C22H32ClN5OS/c1-14-7-6-8-19(15(14)2)24-20(29)13-30-22-26-25-21(16(3)27(4)5)28(22)18-11-9-17(23)10-12-18/h9-12,14-16,19H,6-8,13H2,1-5H3,(H,24,29). The predicted octanol–water partition coefficient (Wildman–Crippen LogP) is 4.58. The summed E-state index contributed by atoms with van der Waals surface area (Å²) in [5.74, 6) is 2.37. The molecular weight excluding hydrogens is 418 g/mol. The molecule has 30 heavy (non-hydrogen) atoms. The lowest BCUT2D eigenvalue weighted by Gasteiger charge is -2.34. The minimum atomic E-state index is 0.0545. The molecule has 0 aliphatic heterocycles. The lowest BCUT2D eigenvalue weighted by molar-refractivity contribution is -0.120. The molecule has 0 radical (unpaired) electrons. The van der Waals surface area contributed by atoms with E-state index in [0.29, 0.717) is 27.8 Å². The molecule has 1 amide bonds. The Morgan fingerprint density at radius 3 is 2.63 bits per heavy atom. The van der Waals surface area contributed by atoms with Crippen molar-refractivity contribution in [2.75, 3.05) is 19.8 Å². The number of thioether (sulfide) groups is 1. The van der Waals surface area contributed by atoms with Crippen molar-refractivity contribution in [1.29, 1.82) is 0 Å². The predicted molar refractivity (Wildman–Crippen MR) is 123 cm³/mol. The highest BCUT2D eigenvalue weighted by Crippen LogP contribution is 2.30. The van der Waals surface area contributed by atoms with E-state index in [1.54, 1.807) is 0 Å². The van der Waals surface area contributed by atoms with Gasteiger partial charge in [0.15, 0.2) is 11.0 Å². The third kappa shape index (κ3) is 5.37. The largest absolute Gasteiger partial charge is 0.352 e. The molecule has 4 unspecified atom stereocenters. The second kappa shape index (κ2) is 10.2. The Morgan fingerprint density at radius 1 is 1.27 bits per heavy atom. The maximum absolute atomic E-state index is 12.7. The topological polar surface area (TPSA) is 63.1 Å². The van der Waals surface area contributed by atoms with Crippen LogP contribution in [0.25, 0.3) is 5.69 Å². The Balaban J connectivity index is 1.75. The molecule has 1 aliphatic rings. The summed E-state index contributed by atoms with van der Waals surface area (Å²) in [5, 5.41) is 13.5. The van der Waals surface area contributed by atoms with Crippen molar-refractivity contribution >= 4 is 29.3 Å². The van der Waals surface area contributed by atoms with Crippen LogP contribution in [-0.2, 0) is 4.79 Å². The highest BCUT2D eigenvalue weighted by atomic mass is 35.5. The van der Waals surface area contributed by atoms with Gasteiger partial charge in [-0.3, -0.25) is 14.3 Å². The molecule has 1 aliphatic carbocycles. The molecule has 0 bridgehead atoms. The molecule has 0 spiro atoms. The number of halogens is 1. The first-order valence-corrected chi connectivity index (χ1v) is 11.9. The van der Waals surface area contributed by atoms with Gasteiger partial charge in [0.2, 0.25) is 5.91 Å². The normalized spacial score (nSPS) is 22.8. The van der Waals surface area contributed by atoms with E-state index < -0.39 is 0 Å². The zero-order valence-electron chi connectivity index (χ0n) is 18.4. The van der Waals surface area contributed by atoms with E-state index in [0.717, 1.165) is 17.9 Å². The molecule has 1 fully saturated rings. The van der Waals surface area contributed by atoms with Gasteiger partial charge in [0.25, 0.3) is 0 Å². The molecule has 0 saturated heterocycles. The van der Waals surface area contributed by atoms with Gasteiger partial charge in [-0.2, -0.15) is 0 Å². The van der Waals surface area contributed by atoms with E-state index >= 15 is 0 Å². The molecule has 3 rings (SSSR count). The van der Waals surface area contributed by atoms with Crippen LogP contribution in [-0.4, -0.2) is 51.5 Å². The summed E-state index contributed by atoms with van der Waals surface area (Å²) in [4.78, 5) is 14.7. The van der Waals surface area contributed by atoms with Gasteiger partial charge in [-0.05, 0) is 63.5 Å². The Bertz CT molecular complexity index is 854. The van der Waals surface area contributed by atoms with Crippen molar-refractivity contribution in [2.24, 2.45) is 11.8 Å². The van der Waals surface area contributed by atoms with Gasteiger partial charge in [-0.25, -0.2) is 0 Å². The summed E-state index contributed by atoms with van der Waals surface area (Å²) in [6.07, 6.45) is 3.49. The third-order valence-electron chi connectivity index (χ3n) is 6.28. The molecule has 6 nitrogen and oxygen atoms in total. The number of nitrogens with one attached hydrogen (secondary N) is 1. The number of hydrogen-bond acceptors (Lipinski definition) is 5. The summed E-state index contributed by atoms with van der Waals surface area (Å²) in [6, 6.07) is 7.95. The van der Waals surface area contributed by atoms with Gasteiger partial charge in [0, 0.05) is 16.8 Å². The van der Waals surface area contributed by atoms with Crippen molar-refractivity contribution in [3.05, 3.63) is 35.1 Å². The fourth-order valence-corrected chi connectivity index (χ4v) is 4.77. The van der Waals surface area contributed by atoms with Crippen LogP contribution in [0, 0.1) is 11.8 Å². The van der Waals surface area contributed by atoms with Gasteiger partial charge in [-0.15, -0.1) is 10.2 Å². The fourth-order valence-electron chi connectivity index (χ4n) is 3.87. The molecule has 8 heteroatoms. The lowest BCUT2D eigenvalue weighted by Crippen LogP contribution is -2.44. The molecule has 1 aromatic carbocycles. The van der Waals surface area contributed by atoms with E-state index in [4.69, 9.17) is 11.6 Å². The van der Waals surface area contributed by atoms with Crippen molar-refractivity contribution in [1.82, 2.24) is 25.0 Å². The van der Waals surface area contributed by atoms with E-state index in [1.807, 2.05) is 42.9 Å². The van der Waals surface area contributed by atoms with Gasteiger partial charge in [-0.1, -0.05) is 50.1 Å². The van der Waals surface area contributed by atoms with Gasteiger partial charge in [0.1, 0.15) is 0 Å². The molecule has 1 N–H and O–H groups in total. The number of hydrogen-bond donors (Lipinski definition) is 1. The first-order chi connectivity index (χ1) is 14.3.